The highest BCUT2D eigenvalue weighted by atomic mass is 16.3. The molecule has 0 aliphatic heterocycles. The molecule has 2 aromatic rings. The van der Waals surface area contributed by atoms with Gasteiger partial charge in [0, 0.05) is 29.7 Å². The van der Waals surface area contributed by atoms with Crippen LogP contribution in [-0.2, 0) is 16.0 Å². The highest BCUT2D eigenvalue weighted by Gasteiger charge is 2.59. The summed E-state index contributed by atoms with van der Waals surface area (Å²) < 4.78 is 0. The van der Waals surface area contributed by atoms with Gasteiger partial charge in [0.2, 0.25) is 5.78 Å². The van der Waals surface area contributed by atoms with E-state index >= 15 is 0 Å². The molecule has 9 nitrogen and oxygen atoms in total. The molecule has 1 aromatic heterocycles. The Morgan fingerprint density at radius 1 is 1.09 bits per heavy atom. The van der Waals surface area contributed by atoms with Crippen molar-refractivity contribution < 1.29 is 34.8 Å². The van der Waals surface area contributed by atoms with Crippen LogP contribution in [0.4, 0.5) is 0 Å². The van der Waals surface area contributed by atoms with Crippen LogP contribution in [0.2, 0.25) is 0 Å². The molecule has 9 heteroatoms. The Hall–Kier alpha value is -4.42. The van der Waals surface area contributed by atoms with Crippen molar-refractivity contribution in [3.8, 4) is 17.6 Å². The molecule has 3 aliphatic carbocycles. The highest BCUT2D eigenvalue weighted by molar-refractivity contribution is 6.24. The van der Waals surface area contributed by atoms with Crippen molar-refractivity contribution in [2.75, 3.05) is 0 Å². The minimum atomic E-state index is -2.58. The molecule has 0 spiro atoms. The van der Waals surface area contributed by atoms with Crippen molar-refractivity contribution >= 4 is 17.5 Å². The van der Waals surface area contributed by atoms with Crippen LogP contribution in [0, 0.1) is 23.7 Å². The van der Waals surface area contributed by atoms with E-state index in [-0.39, 0.29) is 36.1 Å². The van der Waals surface area contributed by atoms with Gasteiger partial charge >= 0.3 is 0 Å². The van der Waals surface area contributed by atoms with Gasteiger partial charge in [-0.1, -0.05) is 12.0 Å². The molecular weight excluding hydrogens is 452 g/mol. The molecule has 0 fully saturated rings. The number of Topliss-reactive ketones (excluding diaryl/α,β-unsaturated/α-hetero) is 2. The van der Waals surface area contributed by atoms with Crippen molar-refractivity contribution in [2.45, 2.75) is 24.9 Å². The Labute approximate surface area is 199 Å². The SMILES string of the molecule is NC(=O)C1=C(O)C[C@@H]2C[C@@H]3Cc4c(C#Cc5ccccn5)ccc(O)c4C(=O)C3=C(O)[C@]2(O)C1=O. The molecule has 0 unspecified atom stereocenters. The Bertz CT molecular complexity index is 1450. The van der Waals surface area contributed by atoms with Gasteiger partial charge in [-0.2, -0.15) is 0 Å². The maximum absolute atomic E-state index is 13.5. The molecule has 0 radical (unpaired) electrons. The van der Waals surface area contributed by atoms with Crippen molar-refractivity contribution in [2.24, 2.45) is 17.6 Å². The van der Waals surface area contributed by atoms with Gasteiger partial charge in [0.1, 0.15) is 28.5 Å². The molecule has 0 bridgehead atoms. The summed E-state index contributed by atoms with van der Waals surface area (Å²) in [5.74, 6) is -0.700. The monoisotopic (exact) mass is 472 g/mol. The number of rotatable bonds is 1. The average molecular weight is 472 g/mol. The maximum Gasteiger partial charge on any atom is 0.255 e. The van der Waals surface area contributed by atoms with Gasteiger partial charge in [-0.15, -0.1) is 0 Å². The van der Waals surface area contributed by atoms with E-state index in [9.17, 15) is 34.8 Å². The predicted molar refractivity (Wildman–Crippen MR) is 121 cm³/mol. The molecule has 176 valence electrons. The molecule has 1 amide bonds. The molecule has 1 aromatic carbocycles. The number of hydrogen-bond donors (Lipinski definition) is 5. The summed E-state index contributed by atoms with van der Waals surface area (Å²) in [6, 6.07) is 8.17. The minimum Gasteiger partial charge on any atom is -0.511 e. The van der Waals surface area contributed by atoms with Crippen LogP contribution in [0.15, 0.2) is 59.2 Å². The number of allylic oxidation sites excluding steroid dienone is 2. The number of aromatic nitrogens is 1. The predicted octanol–water partition coefficient (Wildman–Crippen LogP) is 1.38. The summed E-state index contributed by atoms with van der Waals surface area (Å²) in [7, 11) is 0. The van der Waals surface area contributed by atoms with E-state index in [0.29, 0.717) is 16.8 Å². The number of benzene rings is 1. The van der Waals surface area contributed by atoms with Crippen LogP contribution < -0.4 is 5.73 Å². The van der Waals surface area contributed by atoms with E-state index < -0.39 is 52.0 Å². The molecule has 35 heavy (non-hydrogen) atoms. The fourth-order valence-electron chi connectivity index (χ4n) is 5.30. The molecule has 1 heterocycles. The lowest BCUT2D eigenvalue weighted by Crippen LogP contribution is -2.57. The maximum atomic E-state index is 13.5. The number of amides is 1. The number of carbonyl (C=O) groups excluding carboxylic acids is 3. The van der Waals surface area contributed by atoms with Crippen LogP contribution in [-0.4, -0.2) is 48.5 Å². The van der Waals surface area contributed by atoms with E-state index in [2.05, 4.69) is 16.8 Å². The number of nitrogens with two attached hydrogens (primary N) is 1. The summed E-state index contributed by atoms with van der Waals surface area (Å²) in [6.07, 6.45) is 1.57. The fraction of sp³-hybridized carbons (Fsp3) is 0.231. The molecule has 6 N–H and O–H groups in total. The van der Waals surface area contributed by atoms with Crippen LogP contribution in [0.25, 0.3) is 0 Å². The van der Waals surface area contributed by atoms with Gasteiger partial charge in [-0.3, -0.25) is 14.4 Å². The zero-order chi connectivity index (χ0) is 25.1. The third-order valence-electron chi connectivity index (χ3n) is 6.94. The van der Waals surface area contributed by atoms with Crippen molar-refractivity contribution in [1.29, 1.82) is 0 Å². The standard InChI is InChI=1S/C26H20N2O7/c27-25(34)21-18(30)11-14-9-13-10-16-12(4-6-15-3-1-2-8-28-15)5-7-17(29)20(16)22(31)19(13)23(32)26(14,35)24(21)33/h1-3,5,7-8,13-14,29-30,32,35H,9-11H2,(H2,27,34)/t13-,14+,26+/m1/s1. The number of phenolic OH excluding ortho intramolecular Hbond substituents is 1. The van der Waals surface area contributed by atoms with Gasteiger partial charge in [0.25, 0.3) is 5.91 Å². The van der Waals surface area contributed by atoms with Crippen LogP contribution >= 0.6 is 0 Å². The number of primary amides is 1. The van der Waals surface area contributed by atoms with Crippen molar-refractivity contribution in [3.63, 3.8) is 0 Å². The quantitative estimate of drug-likeness (QED) is 0.306. The summed E-state index contributed by atoms with van der Waals surface area (Å²) in [5, 5.41) is 43.0. The summed E-state index contributed by atoms with van der Waals surface area (Å²) in [5.41, 5.74) is 3.03. The van der Waals surface area contributed by atoms with Crippen LogP contribution in [0.1, 0.15) is 40.0 Å². The Balaban J connectivity index is 1.64. The summed E-state index contributed by atoms with van der Waals surface area (Å²) in [6.45, 7) is 0. The lowest BCUT2D eigenvalue weighted by molar-refractivity contribution is -0.144. The van der Waals surface area contributed by atoms with Crippen LogP contribution in [0.5, 0.6) is 5.75 Å². The fourth-order valence-corrected chi connectivity index (χ4v) is 5.30. The van der Waals surface area contributed by atoms with E-state index in [1.54, 1.807) is 30.5 Å². The Morgan fingerprint density at radius 3 is 2.54 bits per heavy atom. The Kier molecular flexibility index (Phi) is 5.00. The number of aliphatic hydroxyl groups is 3. The first kappa shape index (κ1) is 22.4. The summed E-state index contributed by atoms with van der Waals surface area (Å²) >= 11 is 0. The number of aliphatic hydroxyl groups excluding tert-OH is 2. The topological polar surface area (TPSA) is 171 Å². The first-order chi connectivity index (χ1) is 16.6. The average Bonchev–Trinajstić information content (AvgIpc) is 2.81. The van der Waals surface area contributed by atoms with Gasteiger partial charge in [-0.05, 0) is 54.5 Å². The van der Waals surface area contributed by atoms with Crippen molar-refractivity contribution in [1.82, 2.24) is 4.98 Å². The van der Waals surface area contributed by atoms with E-state index in [1.165, 1.54) is 6.07 Å². The molecular formula is C26H20N2O7. The van der Waals surface area contributed by atoms with Gasteiger partial charge in [0.15, 0.2) is 11.4 Å². The van der Waals surface area contributed by atoms with Crippen molar-refractivity contribution in [3.05, 3.63) is 81.6 Å². The van der Waals surface area contributed by atoms with E-state index in [1.807, 2.05) is 0 Å². The lowest BCUT2D eigenvalue weighted by atomic mass is 9.60. The van der Waals surface area contributed by atoms with Gasteiger partial charge in [-0.25, -0.2) is 4.98 Å². The number of fused-ring (bicyclic) bond motifs is 3. The number of aromatic hydroxyl groups is 1. The smallest absolute Gasteiger partial charge is 0.255 e. The first-order valence-corrected chi connectivity index (χ1v) is 10.9. The van der Waals surface area contributed by atoms with E-state index in [0.717, 1.165) is 0 Å². The summed E-state index contributed by atoms with van der Waals surface area (Å²) in [4.78, 5) is 42.3. The zero-order valence-corrected chi connectivity index (χ0v) is 18.3. The second-order valence-corrected chi connectivity index (χ2v) is 8.86. The van der Waals surface area contributed by atoms with Crippen LogP contribution in [0.3, 0.4) is 0 Å². The minimum absolute atomic E-state index is 0.0612. The second-order valence-electron chi connectivity index (χ2n) is 8.86. The molecule has 3 aliphatic rings. The number of nitrogens with zero attached hydrogens (tertiary/aromatic N) is 1. The third-order valence-corrected chi connectivity index (χ3v) is 6.94. The first-order valence-electron chi connectivity index (χ1n) is 10.9. The molecule has 0 saturated carbocycles. The zero-order valence-electron chi connectivity index (χ0n) is 18.3. The molecule has 3 atom stereocenters. The largest absolute Gasteiger partial charge is 0.511 e. The van der Waals surface area contributed by atoms with Gasteiger partial charge < -0.3 is 26.2 Å². The second kappa shape index (κ2) is 7.82. The van der Waals surface area contributed by atoms with Gasteiger partial charge in [0.05, 0.1) is 5.56 Å². The lowest BCUT2D eigenvalue weighted by Gasteiger charge is -2.45. The van der Waals surface area contributed by atoms with E-state index in [4.69, 9.17) is 5.73 Å². The molecule has 5 rings (SSSR count). The number of phenols is 1. The highest BCUT2D eigenvalue weighted by Crippen LogP contribution is 2.51. The Morgan fingerprint density at radius 2 is 1.86 bits per heavy atom. The number of ketones is 2. The normalized spacial score (nSPS) is 25.3. The third kappa shape index (κ3) is 3.22. The number of pyridine rings is 1. The number of carbonyl (C=O) groups is 3. The number of hydrogen-bond acceptors (Lipinski definition) is 8. The molecule has 0 saturated heterocycles.